The summed E-state index contributed by atoms with van der Waals surface area (Å²) in [6.07, 6.45) is 12.6. The van der Waals surface area contributed by atoms with Gasteiger partial charge in [0.2, 0.25) is 5.91 Å². The molecule has 1 amide bonds. The molecule has 0 aliphatic heterocycles. The standard InChI is InChI=1S/C17H32N2O/c1-13(14-8-4-2-3-5-9-14)19-17(20)16-11-7-6-10-15(16)12-18/h13-16H,2-12,18H2,1H3,(H,19,20)/t13-,15?,16?/m0/s1. The minimum atomic E-state index is 0.168. The Balaban J connectivity index is 1.85. The van der Waals surface area contributed by atoms with Crippen LogP contribution >= 0.6 is 0 Å². The van der Waals surface area contributed by atoms with Crippen molar-refractivity contribution in [2.45, 2.75) is 77.2 Å². The van der Waals surface area contributed by atoms with Gasteiger partial charge in [-0.15, -0.1) is 0 Å². The molecule has 3 nitrogen and oxygen atoms in total. The SMILES string of the molecule is C[C@H](NC(=O)C1CCCCC1CN)C1CCCCCC1. The molecule has 3 heteroatoms. The highest BCUT2D eigenvalue weighted by Crippen LogP contribution is 2.30. The lowest BCUT2D eigenvalue weighted by Crippen LogP contribution is -2.45. The van der Waals surface area contributed by atoms with Gasteiger partial charge in [-0.3, -0.25) is 4.79 Å². The Morgan fingerprint density at radius 2 is 1.65 bits per heavy atom. The van der Waals surface area contributed by atoms with Crippen molar-refractivity contribution in [2.24, 2.45) is 23.5 Å². The highest BCUT2D eigenvalue weighted by Gasteiger charge is 2.31. The molecule has 2 unspecified atom stereocenters. The topological polar surface area (TPSA) is 55.1 Å². The van der Waals surface area contributed by atoms with E-state index in [-0.39, 0.29) is 11.8 Å². The van der Waals surface area contributed by atoms with Gasteiger partial charge in [-0.05, 0) is 51.0 Å². The molecule has 0 aromatic rings. The van der Waals surface area contributed by atoms with Crippen molar-refractivity contribution in [3.63, 3.8) is 0 Å². The number of hydrogen-bond acceptors (Lipinski definition) is 2. The summed E-state index contributed by atoms with van der Waals surface area (Å²) in [5, 5.41) is 3.32. The maximum atomic E-state index is 12.5. The van der Waals surface area contributed by atoms with Crippen LogP contribution in [0.1, 0.15) is 71.1 Å². The molecule has 0 spiro atoms. The van der Waals surface area contributed by atoms with Crippen molar-refractivity contribution in [1.29, 1.82) is 0 Å². The number of nitrogens with two attached hydrogens (primary N) is 1. The van der Waals surface area contributed by atoms with E-state index in [4.69, 9.17) is 5.73 Å². The van der Waals surface area contributed by atoms with E-state index in [9.17, 15) is 4.79 Å². The second-order valence-corrected chi connectivity index (χ2v) is 6.94. The summed E-state index contributed by atoms with van der Waals surface area (Å²) in [6, 6.07) is 0.334. The minimum Gasteiger partial charge on any atom is -0.353 e. The maximum absolute atomic E-state index is 12.5. The van der Waals surface area contributed by atoms with E-state index in [1.807, 2.05) is 0 Å². The van der Waals surface area contributed by atoms with Crippen molar-refractivity contribution in [2.75, 3.05) is 6.54 Å². The molecule has 116 valence electrons. The molecule has 3 atom stereocenters. The van der Waals surface area contributed by atoms with Gasteiger partial charge in [0.1, 0.15) is 0 Å². The molecule has 2 fully saturated rings. The summed E-state index contributed by atoms with van der Waals surface area (Å²) in [4.78, 5) is 12.5. The molecule has 0 aromatic carbocycles. The van der Waals surface area contributed by atoms with Crippen LogP contribution in [0, 0.1) is 17.8 Å². The highest BCUT2D eigenvalue weighted by molar-refractivity contribution is 5.79. The normalized spacial score (nSPS) is 30.5. The van der Waals surface area contributed by atoms with Crippen LogP contribution in [0.15, 0.2) is 0 Å². The Morgan fingerprint density at radius 3 is 2.30 bits per heavy atom. The van der Waals surface area contributed by atoms with E-state index in [2.05, 4.69) is 12.2 Å². The number of amides is 1. The lowest BCUT2D eigenvalue weighted by molar-refractivity contribution is -0.128. The predicted molar refractivity (Wildman–Crippen MR) is 83.3 cm³/mol. The molecule has 0 radical (unpaired) electrons. The third-order valence-corrected chi connectivity index (χ3v) is 5.53. The molecule has 2 aliphatic carbocycles. The van der Waals surface area contributed by atoms with Crippen molar-refractivity contribution < 1.29 is 4.79 Å². The largest absolute Gasteiger partial charge is 0.353 e. The Kier molecular flexibility index (Phi) is 6.34. The number of carbonyl (C=O) groups is 1. The molecule has 20 heavy (non-hydrogen) atoms. The van der Waals surface area contributed by atoms with Gasteiger partial charge in [-0.25, -0.2) is 0 Å². The molecule has 2 aliphatic rings. The highest BCUT2D eigenvalue weighted by atomic mass is 16.2. The summed E-state index contributed by atoms with van der Waals surface area (Å²) in [5.41, 5.74) is 5.85. The van der Waals surface area contributed by atoms with Gasteiger partial charge in [0.05, 0.1) is 0 Å². The van der Waals surface area contributed by atoms with Crippen molar-refractivity contribution in [1.82, 2.24) is 5.32 Å². The van der Waals surface area contributed by atoms with Crippen molar-refractivity contribution in [3.05, 3.63) is 0 Å². The van der Waals surface area contributed by atoms with E-state index >= 15 is 0 Å². The van der Waals surface area contributed by atoms with Crippen LogP contribution < -0.4 is 11.1 Å². The summed E-state index contributed by atoms with van der Waals surface area (Å²) >= 11 is 0. The average molecular weight is 280 g/mol. The van der Waals surface area contributed by atoms with E-state index in [1.165, 1.54) is 51.4 Å². The van der Waals surface area contributed by atoms with Gasteiger partial charge in [0, 0.05) is 12.0 Å². The second kappa shape index (κ2) is 8.02. The molecule has 0 heterocycles. The van der Waals surface area contributed by atoms with Crippen LogP contribution in [0.3, 0.4) is 0 Å². The summed E-state index contributed by atoms with van der Waals surface area (Å²) in [6.45, 7) is 2.87. The van der Waals surface area contributed by atoms with Crippen LogP contribution in [0.4, 0.5) is 0 Å². The fourth-order valence-electron chi connectivity index (χ4n) is 4.10. The van der Waals surface area contributed by atoms with Crippen LogP contribution in [0.25, 0.3) is 0 Å². The third kappa shape index (κ3) is 4.21. The Morgan fingerprint density at radius 1 is 1.05 bits per heavy atom. The first-order valence-electron chi connectivity index (χ1n) is 8.72. The van der Waals surface area contributed by atoms with Gasteiger partial charge < -0.3 is 11.1 Å². The van der Waals surface area contributed by atoms with Crippen LogP contribution in [-0.2, 0) is 4.79 Å². The molecule has 2 saturated carbocycles. The first-order chi connectivity index (χ1) is 9.72. The van der Waals surface area contributed by atoms with E-state index in [1.54, 1.807) is 0 Å². The molecule has 0 aromatic heterocycles. The van der Waals surface area contributed by atoms with E-state index in [0.29, 0.717) is 24.4 Å². The molecular weight excluding hydrogens is 248 g/mol. The van der Waals surface area contributed by atoms with Crippen LogP contribution in [0.2, 0.25) is 0 Å². The van der Waals surface area contributed by atoms with Gasteiger partial charge in [0.25, 0.3) is 0 Å². The average Bonchev–Trinajstić information content (AvgIpc) is 2.76. The van der Waals surface area contributed by atoms with Crippen molar-refractivity contribution in [3.8, 4) is 0 Å². The van der Waals surface area contributed by atoms with E-state index < -0.39 is 0 Å². The molecule has 0 saturated heterocycles. The van der Waals surface area contributed by atoms with Gasteiger partial charge >= 0.3 is 0 Å². The van der Waals surface area contributed by atoms with Gasteiger partial charge in [-0.1, -0.05) is 38.5 Å². The zero-order valence-electron chi connectivity index (χ0n) is 13.1. The molecular formula is C17H32N2O. The smallest absolute Gasteiger partial charge is 0.223 e. The Hall–Kier alpha value is -0.570. The maximum Gasteiger partial charge on any atom is 0.223 e. The fourth-order valence-corrected chi connectivity index (χ4v) is 4.10. The zero-order chi connectivity index (χ0) is 14.4. The molecule has 0 bridgehead atoms. The number of carbonyl (C=O) groups excluding carboxylic acids is 1. The third-order valence-electron chi connectivity index (χ3n) is 5.53. The number of nitrogens with one attached hydrogen (secondary N) is 1. The van der Waals surface area contributed by atoms with Crippen molar-refractivity contribution >= 4 is 5.91 Å². The molecule has 2 rings (SSSR count). The quantitative estimate of drug-likeness (QED) is 0.777. The van der Waals surface area contributed by atoms with Gasteiger partial charge in [0.15, 0.2) is 0 Å². The predicted octanol–water partition coefficient (Wildman–Crippen LogP) is 3.23. The van der Waals surface area contributed by atoms with Crippen LogP contribution in [0.5, 0.6) is 0 Å². The summed E-state index contributed by atoms with van der Waals surface area (Å²) in [5.74, 6) is 1.53. The first kappa shape index (κ1) is 15.8. The summed E-state index contributed by atoms with van der Waals surface area (Å²) in [7, 11) is 0. The minimum absolute atomic E-state index is 0.168. The Labute approximate surface area is 124 Å². The fraction of sp³-hybridized carbons (Fsp3) is 0.941. The van der Waals surface area contributed by atoms with E-state index in [0.717, 1.165) is 12.8 Å². The first-order valence-corrected chi connectivity index (χ1v) is 8.72. The number of rotatable bonds is 4. The Bertz CT molecular complexity index is 297. The van der Waals surface area contributed by atoms with Crippen LogP contribution in [-0.4, -0.2) is 18.5 Å². The monoisotopic (exact) mass is 280 g/mol. The van der Waals surface area contributed by atoms with Gasteiger partial charge in [-0.2, -0.15) is 0 Å². The lowest BCUT2D eigenvalue weighted by atomic mass is 9.78. The lowest BCUT2D eigenvalue weighted by Gasteiger charge is -2.32. The molecule has 3 N–H and O–H groups in total. The summed E-state index contributed by atoms with van der Waals surface area (Å²) < 4.78 is 0. The second-order valence-electron chi connectivity index (χ2n) is 6.94. The zero-order valence-corrected chi connectivity index (χ0v) is 13.1. The number of hydrogen-bond donors (Lipinski definition) is 2.